The molecule has 17 heavy (non-hydrogen) atoms. The zero-order valence-electron chi connectivity index (χ0n) is 8.77. The van der Waals surface area contributed by atoms with Crippen molar-refractivity contribution in [1.82, 2.24) is 4.98 Å². The first-order valence-electron chi connectivity index (χ1n) is 4.78. The Hall–Kier alpha value is -1.49. The summed E-state index contributed by atoms with van der Waals surface area (Å²) in [6.07, 6.45) is -2.71. The van der Waals surface area contributed by atoms with E-state index in [1.807, 2.05) is 0 Å². The predicted octanol–water partition coefficient (Wildman–Crippen LogP) is 4.01. The number of anilines is 1. The van der Waals surface area contributed by atoms with E-state index in [0.29, 0.717) is 11.1 Å². The summed E-state index contributed by atoms with van der Waals surface area (Å²) in [5.74, 6) is -0.608. The van der Waals surface area contributed by atoms with Gasteiger partial charge in [0.15, 0.2) is 0 Å². The summed E-state index contributed by atoms with van der Waals surface area (Å²) in [5, 5.41) is 3.31. The molecule has 0 radical (unpaired) electrons. The molecule has 1 heterocycles. The first kappa shape index (κ1) is 12.0. The molecule has 0 fully saturated rings. The minimum Gasteiger partial charge on any atom is -0.387 e. The van der Waals surface area contributed by atoms with Crippen molar-refractivity contribution < 1.29 is 13.2 Å². The van der Waals surface area contributed by atoms with Crippen LogP contribution >= 0.6 is 11.6 Å². The van der Waals surface area contributed by atoms with Crippen LogP contribution in [0.5, 0.6) is 0 Å². The van der Waals surface area contributed by atoms with E-state index >= 15 is 0 Å². The van der Waals surface area contributed by atoms with Crippen molar-refractivity contribution in [3.05, 3.63) is 34.7 Å². The van der Waals surface area contributed by atoms with E-state index in [2.05, 4.69) is 10.3 Å². The first-order valence-corrected chi connectivity index (χ1v) is 5.16. The highest BCUT2D eigenvalue weighted by Crippen LogP contribution is 2.33. The van der Waals surface area contributed by atoms with Crippen molar-refractivity contribution in [1.29, 1.82) is 0 Å². The lowest BCUT2D eigenvalue weighted by Gasteiger charge is -2.10. The van der Waals surface area contributed by atoms with E-state index in [9.17, 15) is 13.2 Å². The lowest BCUT2D eigenvalue weighted by atomic mass is 10.1. The molecule has 0 amide bonds. The number of rotatable bonds is 2. The van der Waals surface area contributed by atoms with E-state index in [1.54, 1.807) is 7.05 Å². The van der Waals surface area contributed by atoms with E-state index in [-0.39, 0.29) is 10.5 Å². The second kappa shape index (κ2) is 4.41. The van der Waals surface area contributed by atoms with Crippen LogP contribution in [0.4, 0.5) is 18.9 Å². The summed E-state index contributed by atoms with van der Waals surface area (Å²) in [6, 6.07) is 3.40. The average Bonchev–Trinajstić information content (AvgIpc) is 2.26. The number of halogens is 4. The van der Waals surface area contributed by atoms with Gasteiger partial charge in [-0.2, -0.15) is 0 Å². The topological polar surface area (TPSA) is 24.9 Å². The van der Waals surface area contributed by atoms with Gasteiger partial charge in [-0.05, 0) is 12.1 Å². The smallest absolute Gasteiger partial charge is 0.280 e. The molecule has 0 unspecified atom stereocenters. The van der Waals surface area contributed by atoms with E-state index < -0.39 is 17.9 Å². The molecule has 1 aromatic carbocycles. The Morgan fingerprint density at radius 3 is 2.59 bits per heavy atom. The molecule has 6 heteroatoms. The molecule has 0 bridgehead atoms. The Morgan fingerprint density at radius 2 is 2.00 bits per heavy atom. The summed E-state index contributed by atoms with van der Waals surface area (Å²) >= 11 is 5.87. The number of nitrogens with one attached hydrogen (secondary N) is 1. The molecule has 2 nitrogen and oxygen atoms in total. The molecule has 0 saturated heterocycles. The standard InChI is InChI=1S/C11H8ClF3N2/c1-16-7-4-9(11(14)15)17-8-3-5(13)2-6(12)10(7)8/h2-4,11H,1H3,(H,16,17). The zero-order valence-corrected chi connectivity index (χ0v) is 9.52. The van der Waals surface area contributed by atoms with Gasteiger partial charge in [-0.15, -0.1) is 0 Å². The average molecular weight is 261 g/mol. The molecule has 0 spiro atoms. The maximum Gasteiger partial charge on any atom is 0.280 e. The summed E-state index contributed by atoms with van der Waals surface area (Å²) < 4.78 is 38.3. The summed E-state index contributed by atoms with van der Waals surface area (Å²) in [4.78, 5) is 3.69. The third-order valence-corrected chi connectivity index (χ3v) is 2.64. The van der Waals surface area contributed by atoms with Crippen molar-refractivity contribution in [3.63, 3.8) is 0 Å². The predicted molar refractivity (Wildman–Crippen MR) is 61.2 cm³/mol. The molecule has 2 aromatic rings. The molecule has 0 aliphatic heterocycles. The van der Waals surface area contributed by atoms with E-state index in [1.165, 1.54) is 6.07 Å². The van der Waals surface area contributed by atoms with Crippen LogP contribution in [-0.2, 0) is 0 Å². The van der Waals surface area contributed by atoms with Crippen LogP contribution in [0.3, 0.4) is 0 Å². The number of pyridine rings is 1. The van der Waals surface area contributed by atoms with Crippen molar-refractivity contribution in [2.24, 2.45) is 0 Å². The van der Waals surface area contributed by atoms with Gasteiger partial charge in [-0.25, -0.2) is 18.2 Å². The first-order chi connectivity index (χ1) is 8.02. The summed E-state index contributed by atoms with van der Waals surface area (Å²) in [6.45, 7) is 0. The molecular formula is C11H8ClF3N2. The SMILES string of the molecule is CNc1cc(C(F)F)nc2cc(F)cc(Cl)c12. The van der Waals surface area contributed by atoms with Gasteiger partial charge in [-0.1, -0.05) is 11.6 Å². The number of hydrogen-bond acceptors (Lipinski definition) is 2. The zero-order chi connectivity index (χ0) is 12.6. The molecule has 90 valence electrons. The number of fused-ring (bicyclic) bond motifs is 1. The van der Waals surface area contributed by atoms with Gasteiger partial charge in [0.05, 0.1) is 10.5 Å². The Bertz CT molecular complexity index is 572. The van der Waals surface area contributed by atoms with Crippen LogP contribution in [0.1, 0.15) is 12.1 Å². The Morgan fingerprint density at radius 1 is 1.29 bits per heavy atom. The van der Waals surface area contributed by atoms with Crippen LogP contribution in [0.15, 0.2) is 18.2 Å². The van der Waals surface area contributed by atoms with Gasteiger partial charge in [0.1, 0.15) is 11.5 Å². The molecule has 0 aliphatic carbocycles. The maximum absolute atomic E-state index is 13.1. The van der Waals surface area contributed by atoms with Crippen molar-refractivity contribution in [2.45, 2.75) is 6.43 Å². The number of benzene rings is 1. The Balaban J connectivity index is 2.82. The summed E-state index contributed by atoms with van der Waals surface area (Å²) in [7, 11) is 1.57. The number of aromatic nitrogens is 1. The highest BCUT2D eigenvalue weighted by atomic mass is 35.5. The molecule has 2 rings (SSSR count). The van der Waals surface area contributed by atoms with Crippen molar-refractivity contribution in [3.8, 4) is 0 Å². The van der Waals surface area contributed by atoms with Gasteiger partial charge in [-0.3, -0.25) is 0 Å². The number of alkyl halides is 2. The molecular weight excluding hydrogens is 253 g/mol. The van der Waals surface area contributed by atoms with Crippen LogP contribution < -0.4 is 5.32 Å². The van der Waals surface area contributed by atoms with Crippen LogP contribution in [-0.4, -0.2) is 12.0 Å². The Labute approximate surface area is 100 Å². The van der Waals surface area contributed by atoms with Crippen molar-refractivity contribution >= 4 is 28.2 Å². The normalized spacial score (nSPS) is 11.2. The van der Waals surface area contributed by atoms with Crippen LogP contribution in [0.25, 0.3) is 10.9 Å². The van der Waals surface area contributed by atoms with Gasteiger partial charge in [0.25, 0.3) is 6.43 Å². The number of nitrogens with zero attached hydrogens (tertiary/aromatic N) is 1. The van der Waals surface area contributed by atoms with Crippen LogP contribution in [0, 0.1) is 5.82 Å². The Kier molecular flexibility index (Phi) is 3.11. The lowest BCUT2D eigenvalue weighted by molar-refractivity contribution is 0.146. The largest absolute Gasteiger partial charge is 0.387 e. The quantitative estimate of drug-likeness (QED) is 0.883. The highest BCUT2D eigenvalue weighted by Gasteiger charge is 2.15. The molecule has 0 saturated carbocycles. The second-order valence-corrected chi connectivity index (χ2v) is 3.83. The fourth-order valence-corrected chi connectivity index (χ4v) is 1.92. The lowest BCUT2D eigenvalue weighted by Crippen LogP contribution is -1.98. The second-order valence-electron chi connectivity index (χ2n) is 3.43. The molecule has 0 aliphatic rings. The van der Waals surface area contributed by atoms with Crippen LogP contribution in [0.2, 0.25) is 5.02 Å². The molecule has 1 N–H and O–H groups in total. The fraction of sp³-hybridized carbons (Fsp3) is 0.182. The number of hydrogen-bond donors (Lipinski definition) is 1. The third kappa shape index (κ3) is 2.15. The third-order valence-electron chi connectivity index (χ3n) is 2.34. The minimum atomic E-state index is -2.71. The summed E-state index contributed by atoms with van der Waals surface area (Å²) in [5.41, 5.74) is 0.0935. The van der Waals surface area contributed by atoms with E-state index in [4.69, 9.17) is 11.6 Å². The van der Waals surface area contributed by atoms with Gasteiger partial charge >= 0.3 is 0 Å². The molecule has 0 atom stereocenters. The van der Waals surface area contributed by atoms with Gasteiger partial charge in [0.2, 0.25) is 0 Å². The molecule has 1 aromatic heterocycles. The maximum atomic E-state index is 13.1. The van der Waals surface area contributed by atoms with E-state index in [0.717, 1.165) is 12.1 Å². The van der Waals surface area contributed by atoms with Gasteiger partial charge < -0.3 is 5.32 Å². The monoisotopic (exact) mass is 260 g/mol. The highest BCUT2D eigenvalue weighted by molar-refractivity contribution is 6.36. The van der Waals surface area contributed by atoms with Crippen molar-refractivity contribution in [2.75, 3.05) is 12.4 Å². The minimum absolute atomic E-state index is 0.108. The fourth-order valence-electron chi connectivity index (χ4n) is 1.62. The van der Waals surface area contributed by atoms with Gasteiger partial charge in [0, 0.05) is 24.2 Å².